The lowest BCUT2D eigenvalue weighted by Crippen LogP contribution is -2.09. The van der Waals surface area contributed by atoms with Crippen LogP contribution in [0.25, 0.3) is 0 Å². The topological polar surface area (TPSA) is 23.8 Å². The second-order valence-corrected chi connectivity index (χ2v) is 3.83. The molecule has 0 atom stereocenters. The van der Waals surface area contributed by atoms with Crippen molar-refractivity contribution in [2.75, 3.05) is 0 Å². The minimum atomic E-state index is -0.129. The first-order valence-corrected chi connectivity index (χ1v) is 4.95. The van der Waals surface area contributed by atoms with Crippen LogP contribution in [0.15, 0.2) is 6.07 Å². The van der Waals surface area contributed by atoms with Crippen molar-refractivity contribution in [2.45, 2.75) is 32.6 Å². The second kappa shape index (κ2) is 3.42. The van der Waals surface area contributed by atoms with E-state index in [-0.39, 0.29) is 5.82 Å². The Kier molecular flexibility index (Phi) is 2.25. The zero-order chi connectivity index (χ0) is 10.1. The Hall–Kier alpha value is -1.36. The van der Waals surface area contributed by atoms with E-state index >= 15 is 0 Å². The Morgan fingerprint density at radius 2 is 1.93 bits per heavy atom. The molecule has 2 rings (SSSR count). The number of hydrogen-bond acceptors (Lipinski definition) is 1. The molecule has 0 saturated carbocycles. The van der Waals surface area contributed by atoms with Gasteiger partial charge in [-0.05, 0) is 55.4 Å². The van der Waals surface area contributed by atoms with Crippen molar-refractivity contribution in [1.29, 1.82) is 5.26 Å². The molecule has 1 aliphatic carbocycles. The lowest BCUT2D eigenvalue weighted by Gasteiger charge is -2.18. The highest BCUT2D eigenvalue weighted by atomic mass is 19.1. The Bertz CT molecular complexity index is 415. The van der Waals surface area contributed by atoms with Gasteiger partial charge in [0.05, 0.1) is 11.6 Å². The summed E-state index contributed by atoms with van der Waals surface area (Å²) in [4.78, 5) is 0. The molecule has 0 saturated heterocycles. The summed E-state index contributed by atoms with van der Waals surface area (Å²) in [7, 11) is 0. The van der Waals surface area contributed by atoms with Crippen LogP contribution < -0.4 is 0 Å². The highest BCUT2D eigenvalue weighted by Crippen LogP contribution is 2.28. The first-order chi connectivity index (χ1) is 6.74. The number of aryl methyl sites for hydroxylation is 1. The van der Waals surface area contributed by atoms with Gasteiger partial charge in [0, 0.05) is 0 Å². The Labute approximate surface area is 83.2 Å². The van der Waals surface area contributed by atoms with E-state index in [0.29, 0.717) is 5.56 Å². The van der Waals surface area contributed by atoms with Gasteiger partial charge in [-0.2, -0.15) is 5.26 Å². The van der Waals surface area contributed by atoms with E-state index in [2.05, 4.69) is 6.07 Å². The van der Waals surface area contributed by atoms with Gasteiger partial charge in [0.15, 0.2) is 0 Å². The fraction of sp³-hybridized carbons (Fsp3) is 0.417. The van der Waals surface area contributed by atoms with Crippen molar-refractivity contribution in [3.05, 3.63) is 34.1 Å². The first kappa shape index (κ1) is 9.21. The maximum atomic E-state index is 13.5. The van der Waals surface area contributed by atoms with Crippen LogP contribution in [0.2, 0.25) is 0 Å². The fourth-order valence-electron chi connectivity index (χ4n) is 2.19. The van der Waals surface area contributed by atoms with Gasteiger partial charge < -0.3 is 0 Å². The van der Waals surface area contributed by atoms with Crippen LogP contribution >= 0.6 is 0 Å². The van der Waals surface area contributed by atoms with Crippen LogP contribution in [0.4, 0.5) is 4.39 Å². The monoisotopic (exact) mass is 189 g/mol. The fourth-order valence-corrected chi connectivity index (χ4v) is 2.19. The molecule has 1 nitrogen and oxygen atoms in total. The van der Waals surface area contributed by atoms with E-state index in [0.717, 1.165) is 42.4 Å². The van der Waals surface area contributed by atoms with Gasteiger partial charge in [-0.15, -0.1) is 0 Å². The molecule has 1 aliphatic rings. The molecule has 0 heterocycles. The SMILES string of the molecule is Cc1cc(F)c2c(c1C#N)CCCC2. The number of fused-ring (bicyclic) bond motifs is 1. The number of hydrogen-bond donors (Lipinski definition) is 0. The summed E-state index contributed by atoms with van der Waals surface area (Å²) >= 11 is 0. The quantitative estimate of drug-likeness (QED) is 0.615. The zero-order valence-electron chi connectivity index (χ0n) is 8.23. The third kappa shape index (κ3) is 1.29. The summed E-state index contributed by atoms with van der Waals surface area (Å²) < 4.78 is 13.5. The molecule has 0 aromatic heterocycles. The Balaban J connectivity index is 2.69. The zero-order valence-corrected chi connectivity index (χ0v) is 8.23. The van der Waals surface area contributed by atoms with Gasteiger partial charge in [0.25, 0.3) is 0 Å². The molecule has 0 fully saturated rings. The molecule has 0 N–H and O–H groups in total. The number of rotatable bonds is 0. The van der Waals surface area contributed by atoms with Gasteiger partial charge in [-0.3, -0.25) is 0 Å². The summed E-state index contributed by atoms with van der Waals surface area (Å²) in [6.07, 6.45) is 3.76. The van der Waals surface area contributed by atoms with Crippen molar-refractivity contribution in [1.82, 2.24) is 0 Å². The molecule has 1 aromatic rings. The predicted molar refractivity (Wildman–Crippen MR) is 52.5 cm³/mol. The second-order valence-electron chi connectivity index (χ2n) is 3.83. The number of halogens is 1. The lowest BCUT2D eigenvalue weighted by molar-refractivity contribution is 0.576. The van der Waals surface area contributed by atoms with E-state index in [1.165, 1.54) is 6.07 Å². The van der Waals surface area contributed by atoms with Crippen LogP contribution in [0, 0.1) is 24.1 Å². The number of nitriles is 1. The number of benzene rings is 1. The maximum Gasteiger partial charge on any atom is 0.127 e. The summed E-state index contributed by atoms with van der Waals surface area (Å²) in [5.41, 5.74) is 3.20. The van der Waals surface area contributed by atoms with Gasteiger partial charge in [-0.25, -0.2) is 4.39 Å². The highest BCUT2D eigenvalue weighted by Gasteiger charge is 2.18. The van der Waals surface area contributed by atoms with E-state index in [1.54, 1.807) is 6.92 Å². The van der Waals surface area contributed by atoms with Crippen LogP contribution in [0.5, 0.6) is 0 Å². The average molecular weight is 189 g/mol. The summed E-state index contributed by atoms with van der Waals surface area (Å²) in [6.45, 7) is 1.80. The van der Waals surface area contributed by atoms with Crippen molar-refractivity contribution in [2.24, 2.45) is 0 Å². The smallest absolute Gasteiger partial charge is 0.127 e. The van der Waals surface area contributed by atoms with Crippen LogP contribution in [-0.4, -0.2) is 0 Å². The third-order valence-corrected chi connectivity index (χ3v) is 2.91. The van der Waals surface area contributed by atoms with Gasteiger partial charge in [0.2, 0.25) is 0 Å². The minimum absolute atomic E-state index is 0.129. The molecule has 0 amide bonds. The van der Waals surface area contributed by atoms with E-state index in [4.69, 9.17) is 5.26 Å². The van der Waals surface area contributed by atoms with Crippen LogP contribution in [-0.2, 0) is 12.8 Å². The van der Waals surface area contributed by atoms with Crippen LogP contribution in [0.1, 0.15) is 35.1 Å². The third-order valence-electron chi connectivity index (χ3n) is 2.91. The summed E-state index contributed by atoms with van der Waals surface area (Å²) in [6, 6.07) is 3.67. The molecular weight excluding hydrogens is 177 g/mol. The van der Waals surface area contributed by atoms with Gasteiger partial charge in [0.1, 0.15) is 5.82 Å². The largest absolute Gasteiger partial charge is 0.207 e. The van der Waals surface area contributed by atoms with Crippen molar-refractivity contribution in [3.63, 3.8) is 0 Å². The number of nitrogens with zero attached hydrogens (tertiary/aromatic N) is 1. The maximum absolute atomic E-state index is 13.5. The van der Waals surface area contributed by atoms with E-state index < -0.39 is 0 Å². The minimum Gasteiger partial charge on any atom is -0.207 e. The first-order valence-electron chi connectivity index (χ1n) is 4.95. The van der Waals surface area contributed by atoms with Crippen LogP contribution in [0.3, 0.4) is 0 Å². The molecule has 1 aromatic carbocycles. The average Bonchev–Trinajstić information content (AvgIpc) is 2.18. The Morgan fingerprint density at radius 3 is 2.57 bits per heavy atom. The standard InChI is InChI=1S/C12H12FN/c1-8-6-12(13)10-5-3-2-4-9(10)11(8)7-14/h6H,2-5H2,1H3. The van der Waals surface area contributed by atoms with E-state index in [1.807, 2.05) is 0 Å². The van der Waals surface area contributed by atoms with Gasteiger partial charge >= 0.3 is 0 Å². The molecule has 72 valence electrons. The summed E-state index contributed by atoms with van der Waals surface area (Å²) in [5.74, 6) is -0.129. The molecule has 0 aliphatic heterocycles. The molecule has 0 radical (unpaired) electrons. The van der Waals surface area contributed by atoms with Crippen molar-refractivity contribution in [3.8, 4) is 6.07 Å². The molecule has 0 unspecified atom stereocenters. The van der Waals surface area contributed by atoms with Crippen molar-refractivity contribution >= 4 is 0 Å². The molecule has 14 heavy (non-hydrogen) atoms. The summed E-state index contributed by atoms with van der Waals surface area (Å²) in [5, 5.41) is 8.99. The predicted octanol–water partition coefficient (Wildman–Crippen LogP) is 2.88. The van der Waals surface area contributed by atoms with Gasteiger partial charge in [-0.1, -0.05) is 0 Å². The molecular formula is C12H12FN. The molecule has 0 bridgehead atoms. The highest BCUT2D eigenvalue weighted by molar-refractivity contribution is 5.49. The lowest BCUT2D eigenvalue weighted by atomic mass is 9.86. The van der Waals surface area contributed by atoms with Crippen molar-refractivity contribution < 1.29 is 4.39 Å². The van der Waals surface area contributed by atoms with E-state index in [9.17, 15) is 4.39 Å². The molecule has 2 heteroatoms. The Morgan fingerprint density at radius 1 is 1.29 bits per heavy atom. The normalized spacial score (nSPS) is 14.6. The molecule has 0 spiro atoms.